The van der Waals surface area contributed by atoms with Gasteiger partial charge in [0, 0.05) is 31.9 Å². The number of alkyl halides is 3. The summed E-state index contributed by atoms with van der Waals surface area (Å²) in [5.41, 5.74) is 1.44. The van der Waals surface area contributed by atoms with Crippen LogP contribution in [0.2, 0.25) is 0 Å². The van der Waals surface area contributed by atoms with E-state index in [4.69, 9.17) is 0 Å². The first-order valence-corrected chi connectivity index (χ1v) is 9.39. The minimum absolute atomic E-state index is 0.238. The second-order valence-corrected chi connectivity index (χ2v) is 7.22. The predicted molar refractivity (Wildman–Crippen MR) is 102 cm³/mol. The van der Waals surface area contributed by atoms with Crippen LogP contribution in [0.25, 0.3) is 0 Å². The molecule has 1 atom stereocenters. The third kappa shape index (κ3) is 3.62. The van der Waals surface area contributed by atoms with E-state index >= 15 is 0 Å². The maximum Gasteiger partial charge on any atom is 0.416 e. The molecule has 30 heavy (non-hydrogen) atoms. The largest absolute Gasteiger partial charge is 0.416 e. The van der Waals surface area contributed by atoms with E-state index in [0.29, 0.717) is 29.8 Å². The van der Waals surface area contributed by atoms with Crippen LogP contribution in [0.3, 0.4) is 0 Å². The molecule has 0 saturated carbocycles. The average Bonchev–Trinajstić information content (AvgIpc) is 3.06. The van der Waals surface area contributed by atoms with Gasteiger partial charge in [0.05, 0.1) is 29.4 Å². The lowest BCUT2D eigenvalue weighted by atomic mass is 9.95. The standard InChI is InChI=1S/C21H19F3N4O2/c1-27-16-12-28(11-9-15-4-2-3-10-25-15)19(29)17(16)18(26-20(27)30)13-5-7-14(8-6-13)21(22,23)24/h2-8,10,18H,9,11-12H2,1H3,(H,26,30). The van der Waals surface area contributed by atoms with Crippen LogP contribution in [0.4, 0.5) is 18.0 Å². The number of nitrogens with one attached hydrogen (secondary N) is 1. The summed E-state index contributed by atoms with van der Waals surface area (Å²) in [5, 5.41) is 2.72. The molecule has 2 aliphatic heterocycles. The molecule has 156 valence electrons. The maximum absolute atomic E-state index is 13.1. The molecule has 0 radical (unpaired) electrons. The Balaban J connectivity index is 1.59. The zero-order chi connectivity index (χ0) is 21.5. The highest BCUT2D eigenvalue weighted by atomic mass is 19.4. The van der Waals surface area contributed by atoms with E-state index < -0.39 is 23.8 Å². The zero-order valence-electron chi connectivity index (χ0n) is 16.1. The molecule has 3 amide bonds. The van der Waals surface area contributed by atoms with E-state index in [1.54, 1.807) is 18.1 Å². The van der Waals surface area contributed by atoms with E-state index in [9.17, 15) is 22.8 Å². The van der Waals surface area contributed by atoms with Crippen molar-refractivity contribution in [3.05, 3.63) is 76.8 Å². The number of nitrogens with zero attached hydrogens (tertiary/aromatic N) is 3. The molecule has 0 saturated heterocycles. The van der Waals surface area contributed by atoms with Gasteiger partial charge in [0.15, 0.2) is 0 Å². The second kappa shape index (κ2) is 7.47. The fraction of sp³-hybridized carbons (Fsp3) is 0.286. The minimum atomic E-state index is -4.45. The van der Waals surface area contributed by atoms with Gasteiger partial charge in [0.2, 0.25) is 0 Å². The number of carbonyl (C=O) groups is 2. The molecule has 6 nitrogen and oxygen atoms in total. The number of urea groups is 1. The second-order valence-electron chi connectivity index (χ2n) is 7.22. The van der Waals surface area contributed by atoms with Crippen molar-refractivity contribution >= 4 is 11.9 Å². The molecular weight excluding hydrogens is 397 g/mol. The lowest BCUT2D eigenvalue weighted by Crippen LogP contribution is -2.45. The van der Waals surface area contributed by atoms with Crippen molar-refractivity contribution in [2.24, 2.45) is 0 Å². The van der Waals surface area contributed by atoms with Gasteiger partial charge >= 0.3 is 12.2 Å². The summed E-state index contributed by atoms with van der Waals surface area (Å²) in [6.07, 6.45) is -2.21. The average molecular weight is 416 g/mol. The van der Waals surface area contributed by atoms with Gasteiger partial charge in [-0.05, 0) is 29.8 Å². The number of likely N-dealkylation sites (N-methyl/N-ethyl adjacent to an activating group) is 1. The van der Waals surface area contributed by atoms with E-state index in [1.165, 1.54) is 17.0 Å². The van der Waals surface area contributed by atoms with Crippen LogP contribution < -0.4 is 5.32 Å². The van der Waals surface area contributed by atoms with Crippen LogP contribution in [0.5, 0.6) is 0 Å². The molecule has 0 bridgehead atoms. The predicted octanol–water partition coefficient (Wildman–Crippen LogP) is 3.14. The molecule has 2 aliphatic rings. The third-order valence-electron chi connectivity index (χ3n) is 5.37. The summed E-state index contributed by atoms with van der Waals surface area (Å²) in [7, 11) is 1.57. The quantitative estimate of drug-likeness (QED) is 0.833. The molecule has 1 aromatic heterocycles. The fourth-order valence-corrected chi connectivity index (χ4v) is 3.71. The first kappa shape index (κ1) is 19.9. The number of hydrogen-bond donors (Lipinski definition) is 1. The fourth-order valence-electron chi connectivity index (χ4n) is 3.71. The lowest BCUT2D eigenvalue weighted by Gasteiger charge is -2.31. The molecular formula is C21H19F3N4O2. The van der Waals surface area contributed by atoms with Gasteiger partial charge in [-0.25, -0.2) is 4.79 Å². The zero-order valence-corrected chi connectivity index (χ0v) is 16.1. The Kier molecular flexibility index (Phi) is 4.97. The number of rotatable bonds is 4. The van der Waals surface area contributed by atoms with E-state index in [-0.39, 0.29) is 12.5 Å². The van der Waals surface area contributed by atoms with Gasteiger partial charge in [-0.2, -0.15) is 13.2 Å². The number of halogens is 3. The minimum Gasteiger partial charge on any atom is -0.333 e. The van der Waals surface area contributed by atoms with E-state index in [2.05, 4.69) is 10.3 Å². The van der Waals surface area contributed by atoms with Crippen molar-refractivity contribution in [1.82, 2.24) is 20.1 Å². The summed E-state index contributed by atoms with van der Waals surface area (Å²) in [6, 6.07) is 8.87. The summed E-state index contributed by atoms with van der Waals surface area (Å²) >= 11 is 0. The smallest absolute Gasteiger partial charge is 0.333 e. The van der Waals surface area contributed by atoms with Crippen LogP contribution in [-0.2, 0) is 17.4 Å². The van der Waals surface area contributed by atoms with E-state index in [1.807, 2.05) is 18.2 Å². The Bertz CT molecular complexity index is 1000. The lowest BCUT2D eigenvalue weighted by molar-refractivity contribution is -0.137. The van der Waals surface area contributed by atoms with Crippen molar-refractivity contribution in [3.8, 4) is 0 Å². The number of amides is 3. The van der Waals surface area contributed by atoms with Gasteiger partial charge in [-0.15, -0.1) is 0 Å². The Morgan fingerprint density at radius 3 is 2.50 bits per heavy atom. The molecule has 4 rings (SSSR count). The molecule has 1 unspecified atom stereocenters. The van der Waals surface area contributed by atoms with Crippen LogP contribution in [0.1, 0.15) is 22.9 Å². The topological polar surface area (TPSA) is 65.5 Å². The Labute approximate surface area is 171 Å². The van der Waals surface area contributed by atoms with Gasteiger partial charge < -0.3 is 10.2 Å². The highest BCUT2D eigenvalue weighted by molar-refractivity contribution is 6.01. The molecule has 1 aromatic carbocycles. The Morgan fingerprint density at radius 1 is 1.13 bits per heavy atom. The molecule has 3 heterocycles. The summed E-state index contributed by atoms with van der Waals surface area (Å²) in [6.45, 7) is 0.687. The van der Waals surface area contributed by atoms with Gasteiger partial charge in [-0.3, -0.25) is 14.7 Å². The monoisotopic (exact) mass is 416 g/mol. The maximum atomic E-state index is 13.1. The van der Waals surface area contributed by atoms with Gasteiger partial charge in [0.25, 0.3) is 5.91 Å². The molecule has 0 spiro atoms. The van der Waals surface area contributed by atoms with Crippen molar-refractivity contribution in [3.63, 3.8) is 0 Å². The molecule has 0 aliphatic carbocycles. The number of pyridine rings is 1. The molecule has 2 aromatic rings. The highest BCUT2D eigenvalue weighted by Crippen LogP contribution is 2.37. The SMILES string of the molecule is CN1C(=O)NC(c2ccc(C(F)(F)F)cc2)C2=C1CN(CCc1ccccn1)C2=O. The summed E-state index contributed by atoms with van der Waals surface area (Å²) in [4.78, 5) is 32.8. The molecule has 0 fully saturated rings. The van der Waals surface area contributed by atoms with Crippen molar-refractivity contribution in [1.29, 1.82) is 0 Å². The number of carbonyl (C=O) groups excluding carboxylic acids is 2. The highest BCUT2D eigenvalue weighted by Gasteiger charge is 2.43. The molecule has 1 N–H and O–H groups in total. The van der Waals surface area contributed by atoms with E-state index in [0.717, 1.165) is 17.8 Å². The summed E-state index contributed by atoms with van der Waals surface area (Å²) < 4.78 is 38.6. The number of aromatic nitrogens is 1. The van der Waals surface area contributed by atoms with Crippen molar-refractivity contribution in [2.75, 3.05) is 20.1 Å². The van der Waals surface area contributed by atoms with Gasteiger partial charge in [-0.1, -0.05) is 18.2 Å². The Morgan fingerprint density at radius 2 is 1.87 bits per heavy atom. The van der Waals surface area contributed by atoms with Crippen molar-refractivity contribution in [2.45, 2.75) is 18.6 Å². The van der Waals surface area contributed by atoms with Crippen molar-refractivity contribution < 1.29 is 22.8 Å². The van der Waals surface area contributed by atoms with Crippen LogP contribution in [-0.4, -0.2) is 46.9 Å². The first-order valence-electron chi connectivity index (χ1n) is 9.39. The third-order valence-corrected chi connectivity index (χ3v) is 5.37. The van der Waals surface area contributed by atoms with Gasteiger partial charge in [0.1, 0.15) is 0 Å². The number of benzene rings is 1. The van der Waals surface area contributed by atoms with Crippen LogP contribution in [0.15, 0.2) is 59.9 Å². The normalized spacial score (nSPS) is 19.3. The van der Waals surface area contributed by atoms with Crippen LogP contribution in [0, 0.1) is 0 Å². The number of hydrogen-bond acceptors (Lipinski definition) is 3. The summed E-state index contributed by atoms with van der Waals surface area (Å²) in [5.74, 6) is -0.238. The molecule has 9 heteroatoms. The first-order chi connectivity index (χ1) is 14.3. The Hall–Kier alpha value is -3.36. The van der Waals surface area contributed by atoms with Crippen LogP contribution >= 0.6 is 0 Å².